The first-order valence-corrected chi connectivity index (χ1v) is 6.16. The van der Waals surface area contributed by atoms with E-state index in [4.69, 9.17) is 5.73 Å². The van der Waals surface area contributed by atoms with Gasteiger partial charge in [-0.2, -0.15) is 0 Å². The number of carbonyl (C=O) groups is 1. The van der Waals surface area contributed by atoms with Crippen molar-refractivity contribution in [3.05, 3.63) is 47.5 Å². The summed E-state index contributed by atoms with van der Waals surface area (Å²) >= 11 is 0. The molecule has 2 aromatic carbocycles. The molecule has 0 aliphatic rings. The van der Waals surface area contributed by atoms with Crippen molar-refractivity contribution in [1.29, 1.82) is 0 Å². The molecule has 3 nitrogen and oxygen atoms in total. The van der Waals surface area contributed by atoms with Gasteiger partial charge in [0.15, 0.2) is 0 Å². The van der Waals surface area contributed by atoms with Crippen molar-refractivity contribution in [1.82, 2.24) is 5.32 Å². The average molecular weight is 252 g/mol. The van der Waals surface area contributed by atoms with Gasteiger partial charge >= 0.3 is 0 Å². The molecule has 0 saturated heterocycles. The zero-order valence-electron chi connectivity index (χ0n) is 10.9. The lowest BCUT2D eigenvalue weighted by Gasteiger charge is -2.03. The number of amides is 1. The fraction of sp³-hybridized carbons (Fsp3) is 0.188. The van der Waals surface area contributed by atoms with E-state index in [9.17, 15) is 4.79 Å². The molecule has 0 bridgehead atoms. The lowest BCUT2D eigenvalue weighted by atomic mass is 10.0. The molecule has 2 aromatic rings. The van der Waals surface area contributed by atoms with Crippen LogP contribution in [0.1, 0.15) is 11.1 Å². The van der Waals surface area contributed by atoms with Crippen molar-refractivity contribution in [2.45, 2.75) is 6.92 Å². The molecule has 3 heteroatoms. The fourth-order valence-electron chi connectivity index (χ4n) is 1.91. The third-order valence-corrected chi connectivity index (χ3v) is 2.92. The van der Waals surface area contributed by atoms with E-state index >= 15 is 0 Å². The van der Waals surface area contributed by atoms with Gasteiger partial charge in [0.1, 0.15) is 0 Å². The molecule has 0 aliphatic carbocycles. The lowest BCUT2D eigenvalue weighted by molar-refractivity contribution is -0.119. The minimum Gasteiger partial charge on any atom is -0.344 e. The van der Waals surface area contributed by atoms with Crippen LogP contribution in [0.3, 0.4) is 0 Å². The monoisotopic (exact) mass is 252 g/mol. The molecule has 0 unspecified atom stereocenters. The van der Waals surface area contributed by atoms with Crippen LogP contribution >= 0.6 is 0 Å². The van der Waals surface area contributed by atoms with E-state index in [0.717, 1.165) is 10.9 Å². The van der Waals surface area contributed by atoms with Crippen molar-refractivity contribution >= 4 is 16.7 Å². The largest absolute Gasteiger partial charge is 0.344 e. The quantitative estimate of drug-likeness (QED) is 0.797. The molecule has 2 rings (SSSR count). The van der Waals surface area contributed by atoms with Crippen molar-refractivity contribution in [3.8, 4) is 11.8 Å². The van der Waals surface area contributed by atoms with E-state index in [1.165, 1.54) is 10.9 Å². The van der Waals surface area contributed by atoms with Crippen LogP contribution in [0.5, 0.6) is 0 Å². The third-order valence-electron chi connectivity index (χ3n) is 2.92. The maximum atomic E-state index is 11.0. The molecule has 0 saturated carbocycles. The summed E-state index contributed by atoms with van der Waals surface area (Å²) < 4.78 is 0. The molecule has 0 fully saturated rings. The van der Waals surface area contributed by atoms with Gasteiger partial charge in [-0.05, 0) is 29.3 Å². The summed E-state index contributed by atoms with van der Waals surface area (Å²) in [5.41, 5.74) is 7.41. The minimum atomic E-state index is -0.192. The van der Waals surface area contributed by atoms with Gasteiger partial charge in [-0.3, -0.25) is 4.79 Å². The lowest BCUT2D eigenvalue weighted by Crippen LogP contribution is -2.30. The molecule has 19 heavy (non-hydrogen) atoms. The number of fused-ring (bicyclic) bond motifs is 1. The number of aryl methyl sites for hydroxylation is 1. The van der Waals surface area contributed by atoms with Crippen LogP contribution in [-0.2, 0) is 4.79 Å². The van der Waals surface area contributed by atoms with Gasteiger partial charge in [0.25, 0.3) is 0 Å². The first-order chi connectivity index (χ1) is 9.22. The number of rotatable bonds is 2. The SMILES string of the molecule is Cc1ccc(C#CCNC(=O)CN)c2ccccc12. The van der Waals surface area contributed by atoms with Crippen LogP contribution in [0.4, 0.5) is 0 Å². The van der Waals surface area contributed by atoms with Crippen LogP contribution < -0.4 is 11.1 Å². The second-order valence-corrected chi connectivity index (χ2v) is 4.26. The Hall–Kier alpha value is -2.31. The molecule has 0 atom stereocenters. The summed E-state index contributed by atoms with van der Waals surface area (Å²) in [5, 5.41) is 4.97. The molecule has 3 N–H and O–H groups in total. The first kappa shape index (κ1) is 13.1. The van der Waals surface area contributed by atoms with E-state index in [0.29, 0.717) is 6.54 Å². The van der Waals surface area contributed by atoms with Crippen molar-refractivity contribution < 1.29 is 4.79 Å². The fourth-order valence-corrected chi connectivity index (χ4v) is 1.91. The second-order valence-electron chi connectivity index (χ2n) is 4.26. The van der Waals surface area contributed by atoms with Crippen molar-refractivity contribution in [2.75, 3.05) is 13.1 Å². The van der Waals surface area contributed by atoms with Gasteiger partial charge in [-0.25, -0.2) is 0 Å². The number of benzene rings is 2. The van der Waals surface area contributed by atoms with E-state index in [1.807, 2.05) is 18.2 Å². The smallest absolute Gasteiger partial charge is 0.234 e. The zero-order valence-corrected chi connectivity index (χ0v) is 10.9. The van der Waals surface area contributed by atoms with Crippen LogP contribution in [-0.4, -0.2) is 19.0 Å². The van der Waals surface area contributed by atoms with Crippen LogP contribution in [0.25, 0.3) is 10.8 Å². The predicted octanol–water partition coefficient (Wildman–Crippen LogP) is 1.57. The minimum absolute atomic E-state index is 0.00482. The summed E-state index contributed by atoms with van der Waals surface area (Å²) in [5.74, 6) is 5.84. The number of nitrogens with one attached hydrogen (secondary N) is 1. The Morgan fingerprint density at radius 2 is 1.95 bits per heavy atom. The summed E-state index contributed by atoms with van der Waals surface area (Å²) in [6, 6.07) is 12.2. The zero-order chi connectivity index (χ0) is 13.7. The highest BCUT2D eigenvalue weighted by Crippen LogP contribution is 2.21. The summed E-state index contributed by atoms with van der Waals surface area (Å²) in [6.45, 7) is 2.40. The molecular weight excluding hydrogens is 236 g/mol. The third kappa shape index (κ3) is 3.12. The molecule has 1 amide bonds. The maximum Gasteiger partial charge on any atom is 0.234 e. The Kier molecular flexibility index (Phi) is 4.17. The molecule has 96 valence electrons. The summed E-state index contributed by atoms with van der Waals surface area (Å²) in [7, 11) is 0. The Labute approximate surface area is 112 Å². The van der Waals surface area contributed by atoms with Crippen LogP contribution in [0, 0.1) is 18.8 Å². The number of nitrogens with two attached hydrogens (primary N) is 1. The summed E-state index contributed by atoms with van der Waals surface area (Å²) in [6.07, 6.45) is 0. The predicted molar refractivity (Wildman–Crippen MR) is 77.6 cm³/mol. The molecule has 0 radical (unpaired) electrons. The van der Waals surface area contributed by atoms with Crippen LogP contribution in [0.15, 0.2) is 36.4 Å². The van der Waals surface area contributed by atoms with Gasteiger partial charge in [0, 0.05) is 5.56 Å². The molecule has 0 heterocycles. The standard InChI is InChI=1S/C16H16N2O/c1-12-8-9-13(5-4-10-18-16(19)11-17)15-7-3-2-6-14(12)15/h2-3,6-9H,10-11,17H2,1H3,(H,18,19). The number of hydrogen-bond donors (Lipinski definition) is 2. The van der Waals surface area contributed by atoms with Crippen molar-refractivity contribution in [3.63, 3.8) is 0 Å². The molecule has 0 spiro atoms. The molecular formula is C16H16N2O. The number of hydrogen-bond acceptors (Lipinski definition) is 2. The highest BCUT2D eigenvalue weighted by atomic mass is 16.1. The molecule has 0 aromatic heterocycles. The Morgan fingerprint density at radius 1 is 1.21 bits per heavy atom. The van der Waals surface area contributed by atoms with E-state index < -0.39 is 0 Å². The first-order valence-electron chi connectivity index (χ1n) is 6.16. The second kappa shape index (κ2) is 6.03. The highest BCUT2D eigenvalue weighted by Gasteiger charge is 2.00. The Bertz CT molecular complexity index is 665. The Morgan fingerprint density at radius 3 is 2.68 bits per heavy atom. The van der Waals surface area contributed by atoms with Gasteiger partial charge in [0.2, 0.25) is 5.91 Å². The molecule has 0 aliphatic heterocycles. The van der Waals surface area contributed by atoms with E-state index in [-0.39, 0.29) is 12.5 Å². The summed E-state index contributed by atoms with van der Waals surface area (Å²) in [4.78, 5) is 11.0. The van der Waals surface area contributed by atoms with Crippen molar-refractivity contribution in [2.24, 2.45) is 5.73 Å². The van der Waals surface area contributed by atoms with E-state index in [2.05, 4.69) is 42.3 Å². The van der Waals surface area contributed by atoms with Gasteiger partial charge in [-0.15, -0.1) is 0 Å². The van der Waals surface area contributed by atoms with Gasteiger partial charge in [0.05, 0.1) is 13.1 Å². The van der Waals surface area contributed by atoms with Gasteiger partial charge < -0.3 is 11.1 Å². The normalized spacial score (nSPS) is 9.79. The highest BCUT2D eigenvalue weighted by molar-refractivity contribution is 5.90. The topological polar surface area (TPSA) is 55.1 Å². The average Bonchev–Trinajstić information content (AvgIpc) is 2.45. The number of carbonyl (C=O) groups excluding carboxylic acids is 1. The van der Waals surface area contributed by atoms with Crippen LogP contribution in [0.2, 0.25) is 0 Å². The van der Waals surface area contributed by atoms with E-state index in [1.54, 1.807) is 0 Å². The Balaban J connectivity index is 2.24. The maximum absolute atomic E-state index is 11.0. The van der Waals surface area contributed by atoms with Gasteiger partial charge in [-0.1, -0.05) is 42.2 Å².